The number of hydrogen-bond acceptors (Lipinski definition) is 2. The molecule has 0 atom stereocenters. The van der Waals surface area contributed by atoms with Gasteiger partial charge in [0.2, 0.25) is 0 Å². The normalized spacial score (nSPS) is 12.3. The monoisotopic (exact) mass is 276 g/mol. The first-order valence-corrected chi connectivity index (χ1v) is 7.51. The van der Waals surface area contributed by atoms with E-state index in [0.29, 0.717) is 11.0 Å². The van der Waals surface area contributed by atoms with E-state index in [0.717, 1.165) is 19.3 Å². The predicted molar refractivity (Wildman–Crippen MR) is 84.0 cm³/mol. The molecular weight excluding hydrogens is 248 g/mol. The molecule has 112 valence electrons. The van der Waals surface area contributed by atoms with Crippen LogP contribution in [-0.2, 0) is 11.2 Å². The van der Waals surface area contributed by atoms with E-state index < -0.39 is 5.60 Å². The molecule has 0 aliphatic rings. The topological polar surface area (TPSA) is 26.3 Å². The largest absolute Gasteiger partial charge is 0.456 e. The molecule has 0 aliphatic heterocycles. The first-order chi connectivity index (χ1) is 9.19. The Morgan fingerprint density at radius 2 is 1.55 bits per heavy atom. The van der Waals surface area contributed by atoms with Crippen molar-refractivity contribution >= 4 is 5.97 Å². The lowest BCUT2D eigenvalue weighted by molar-refractivity contribution is -0.00243. The minimum atomic E-state index is -0.403. The van der Waals surface area contributed by atoms with Crippen LogP contribution in [0.4, 0.5) is 0 Å². The molecule has 20 heavy (non-hydrogen) atoms. The Morgan fingerprint density at radius 1 is 1.00 bits per heavy atom. The fourth-order valence-corrected chi connectivity index (χ4v) is 1.82. The highest BCUT2D eigenvalue weighted by atomic mass is 16.6. The highest BCUT2D eigenvalue weighted by molar-refractivity contribution is 5.89. The third-order valence-corrected chi connectivity index (χ3v) is 4.05. The zero-order valence-corrected chi connectivity index (χ0v) is 13.7. The maximum Gasteiger partial charge on any atom is 0.338 e. The molecule has 2 heteroatoms. The van der Waals surface area contributed by atoms with Gasteiger partial charge in [0, 0.05) is 0 Å². The summed E-state index contributed by atoms with van der Waals surface area (Å²) in [5.41, 5.74) is 1.79. The Balaban J connectivity index is 2.74. The molecule has 0 bridgehead atoms. The Labute approximate surface area is 123 Å². The van der Waals surface area contributed by atoms with Gasteiger partial charge in [-0.05, 0) is 49.8 Å². The second-order valence-electron chi connectivity index (χ2n) is 6.89. The average molecular weight is 276 g/mol. The summed E-state index contributed by atoms with van der Waals surface area (Å²) in [4.78, 5) is 12.0. The Morgan fingerprint density at radius 3 is 2.00 bits per heavy atom. The molecule has 0 saturated carbocycles. The van der Waals surface area contributed by atoms with Crippen molar-refractivity contribution in [1.82, 2.24) is 0 Å². The van der Waals surface area contributed by atoms with Crippen molar-refractivity contribution in [3.05, 3.63) is 35.4 Å². The van der Waals surface area contributed by atoms with Gasteiger partial charge in [0.25, 0.3) is 0 Å². The number of esters is 1. The molecule has 0 unspecified atom stereocenters. The third-order valence-electron chi connectivity index (χ3n) is 4.05. The van der Waals surface area contributed by atoms with Crippen LogP contribution in [0.5, 0.6) is 0 Å². The van der Waals surface area contributed by atoms with Crippen molar-refractivity contribution in [2.45, 2.75) is 66.4 Å². The molecular formula is C18H28O2. The number of ether oxygens (including phenoxy) is 1. The summed E-state index contributed by atoms with van der Waals surface area (Å²) in [6.07, 6.45) is 2.97. The van der Waals surface area contributed by atoms with Gasteiger partial charge in [-0.25, -0.2) is 4.79 Å². The van der Waals surface area contributed by atoms with E-state index in [4.69, 9.17) is 4.74 Å². The van der Waals surface area contributed by atoms with Gasteiger partial charge in [-0.1, -0.05) is 46.2 Å². The fourth-order valence-electron chi connectivity index (χ4n) is 1.82. The van der Waals surface area contributed by atoms with E-state index in [1.54, 1.807) is 0 Å². The molecule has 0 N–H and O–H groups in total. The van der Waals surface area contributed by atoms with Crippen LogP contribution in [0.25, 0.3) is 0 Å². The number of hydrogen-bond donors (Lipinski definition) is 0. The summed E-state index contributed by atoms with van der Waals surface area (Å²) in [5.74, 6) is -0.238. The maximum absolute atomic E-state index is 12.0. The number of carbonyl (C=O) groups is 1. The van der Waals surface area contributed by atoms with E-state index in [2.05, 4.69) is 20.8 Å². The van der Waals surface area contributed by atoms with Crippen molar-refractivity contribution in [2.75, 3.05) is 0 Å². The van der Waals surface area contributed by atoms with Crippen LogP contribution >= 0.6 is 0 Å². The average Bonchev–Trinajstić information content (AvgIpc) is 2.38. The SMILES string of the molecule is CCC(C)(C)Cc1ccc(C(=O)OC(C)(C)CC)cc1. The molecule has 0 heterocycles. The Bertz CT molecular complexity index is 441. The van der Waals surface area contributed by atoms with Gasteiger partial charge in [0.05, 0.1) is 5.56 Å². The lowest BCUT2D eigenvalue weighted by Crippen LogP contribution is -2.27. The summed E-state index contributed by atoms with van der Waals surface area (Å²) in [6, 6.07) is 7.81. The number of carbonyl (C=O) groups excluding carboxylic acids is 1. The minimum absolute atomic E-state index is 0.238. The maximum atomic E-state index is 12.0. The summed E-state index contributed by atoms with van der Waals surface area (Å²) < 4.78 is 5.50. The van der Waals surface area contributed by atoms with E-state index >= 15 is 0 Å². The molecule has 1 rings (SSSR count). The van der Waals surface area contributed by atoms with Crippen LogP contribution in [-0.4, -0.2) is 11.6 Å². The quantitative estimate of drug-likeness (QED) is 0.683. The van der Waals surface area contributed by atoms with Gasteiger partial charge in [0.1, 0.15) is 5.60 Å². The van der Waals surface area contributed by atoms with E-state index in [1.165, 1.54) is 5.56 Å². The molecule has 0 fully saturated rings. The molecule has 0 saturated heterocycles. The number of rotatable bonds is 6. The van der Waals surface area contributed by atoms with Crippen molar-refractivity contribution in [3.63, 3.8) is 0 Å². The van der Waals surface area contributed by atoms with E-state index in [-0.39, 0.29) is 5.97 Å². The van der Waals surface area contributed by atoms with Gasteiger partial charge >= 0.3 is 5.97 Å². The van der Waals surface area contributed by atoms with Crippen molar-refractivity contribution in [1.29, 1.82) is 0 Å². The lowest BCUT2D eigenvalue weighted by Gasteiger charge is -2.24. The molecule has 2 nitrogen and oxygen atoms in total. The molecule has 0 radical (unpaired) electrons. The highest BCUT2D eigenvalue weighted by Crippen LogP contribution is 2.25. The van der Waals surface area contributed by atoms with Gasteiger partial charge in [-0.3, -0.25) is 0 Å². The Hall–Kier alpha value is -1.31. The van der Waals surface area contributed by atoms with Gasteiger partial charge in [-0.15, -0.1) is 0 Å². The van der Waals surface area contributed by atoms with Crippen LogP contribution in [0.2, 0.25) is 0 Å². The van der Waals surface area contributed by atoms with Crippen LogP contribution in [0.15, 0.2) is 24.3 Å². The van der Waals surface area contributed by atoms with Gasteiger partial charge in [0.15, 0.2) is 0 Å². The lowest BCUT2D eigenvalue weighted by atomic mass is 9.83. The van der Waals surface area contributed by atoms with Crippen LogP contribution in [0.3, 0.4) is 0 Å². The molecule has 0 spiro atoms. The predicted octanol–water partition coefficient (Wildman–Crippen LogP) is 5.01. The van der Waals surface area contributed by atoms with Gasteiger partial charge < -0.3 is 4.74 Å². The Kier molecular flexibility index (Phi) is 5.38. The van der Waals surface area contributed by atoms with Crippen LogP contribution < -0.4 is 0 Å². The summed E-state index contributed by atoms with van der Waals surface area (Å²) in [6.45, 7) is 12.6. The van der Waals surface area contributed by atoms with Crippen molar-refractivity contribution < 1.29 is 9.53 Å². The molecule has 1 aromatic carbocycles. The molecule has 0 aliphatic carbocycles. The standard InChI is InChI=1S/C18H28O2/c1-7-17(3,4)13-14-9-11-15(12-10-14)16(19)20-18(5,6)8-2/h9-12H,7-8,13H2,1-6H3. The smallest absolute Gasteiger partial charge is 0.338 e. The fraction of sp³-hybridized carbons (Fsp3) is 0.611. The van der Waals surface area contributed by atoms with Gasteiger partial charge in [-0.2, -0.15) is 0 Å². The van der Waals surface area contributed by atoms with E-state index in [1.807, 2.05) is 45.0 Å². The second kappa shape index (κ2) is 6.43. The summed E-state index contributed by atoms with van der Waals surface area (Å²) >= 11 is 0. The van der Waals surface area contributed by atoms with E-state index in [9.17, 15) is 4.79 Å². The molecule has 1 aromatic rings. The van der Waals surface area contributed by atoms with Crippen molar-refractivity contribution in [2.24, 2.45) is 5.41 Å². The van der Waals surface area contributed by atoms with Crippen LogP contribution in [0.1, 0.15) is 70.3 Å². The summed E-state index contributed by atoms with van der Waals surface area (Å²) in [7, 11) is 0. The first-order valence-electron chi connectivity index (χ1n) is 7.51. The third kappa shape index (κ3) is 4.99. The van der Waals surface area contributed by atoms with Crippen molar-refractivity contribution in [3.8, 4) is 0 Å². The number of benzene rings is 1. The zero-order valence-electron chi connectivity index (χ0n) is 13.7. The molecule has 0 amide bonds. The van der Waals surface area contributed by atoms with Crippen LogP contribution in [0, 0.1) is 5.41 Å². The zero-order chi connectivity index (χ0) is 15.4. The highest BCUT2D eigenvalue weighted by Gasteiger charge is 2.21. The first kappa shape index (κ1) is 16.7. The minimum Gasteiger partial charge on any atom is -0.456 e. The molecule has 0 aromatic heterocycles. The second-order valence-corrected chi connectivity index (χ2v) is 6.89. The summed E-state index contributed by atoms with van der Waals surface area (Å²) in [5, 5.41) is 0.